The molecule has 1 aliphatic carbocycles. The lowest BCUT2D eigenvalue weighted by Crippen LogP contribution is -2.21. The highest BCUT2D eigenvalue weighted by atomic mass is 79.9. The van der Waals surface area contributed by atoms with Crippen LogP contribution in [0.25, 0.3) is 0 Å². The zero-order valence-corrected chi connectivity index (χ0v) is 12.2. The summed E-state index contributed by atoms with van der Waals surface area (Å²) in [6, 6.07) is 6.27. The first-order valence-electron chi connectivity index (χ1n) is 6.37. The van der Waals surface area contributed by atoms with E-state index in [0.717, 1.165) is 22.2 Å². The monoisotopic (exact) mass is 313 g/mol. The van der Waals surface area contributed by atoms with Crippen LogP contribution in [0.15, 0.2) is 18.2 Å². The molecule has 0 N–H and O–H groups in total. The normalized spacial score (nSPS) is 27.5. The third-order valence-corrected chi connectivity index (χ3v) is 5.09. The van der Waals surface area contributed by atoms with Crippen molar-refractivity contribution in [2.75, 3.05) is 18.0 Å². The van der Waals surface area contributed by atoms with Gasteiger partial charge in [-0.05, 0) is 48.4 Å². The molecule has 0 aromatic heterocycles. The smallest absolute Gasteiger partial charge is 0.0410 e. The lowest BCUT2D eigenvalue weighted by atomic mass is 10.0. The molecule has 1 heterocycles. The molecule has 1 aromatic rings. The lowest BCUT2D eigenvalue weighted by molar-refractivity contribution is 0.494. The van der Waals surface area contributed by atoms with Gasteiger partial charge < -0.3 is 4.90 Å². The summed E-state index contributed by atoms with van der Waals surface area (Å²) in [5.74, 6) is 1.88. The Kier molecular flexibility index (Phi) is 3.36. The highest BCUT2D eigenvalue weighted by molar-refractivity contribution is 9.08. The Bertz CT molecular complexity index is 409. The van der Waals surface area contributed by atoms with Crippen LogP contribution in [-0.2, 0) is 5.33 Å². The number of benzene rings is 1. The molecule has 2 aliphatic rings. The molecule has 1 nitrogen and oxygen atoms in total. The second kappa shape index (κ2) is 4.81. The van der Waals surface area contributed by atoms with Crippen LogP contribution >= 0.6 is 27.5 Å². The Morgan fingerprint density at radius 3 is 2.59 bits per heavy atom. The van der Waals surface area contributed by atoms with Gasteiger partial charge in [0.05, 0.1) is 0 Å². The number of alkyl halides is 1. The van der Waals surface area contributed by atoms with Gasteiger partial charge in [-0.1, -0.05) is 34.0 Å². The predicted molar refractivity (Wildman–Crippen MR) is 77.1 cm³/mol. The predicted octanol–water partition coefficient (Wildman–Crippen LogP) is 4.47. The van der Waals surface area contributed by atoms with Crippen molar-refractivity contribution in [2.45, 2.75) is 24.6 Å². The van der Waals surface area contributed by atoms with E-state index in [1.165, 1.54) is 43.6 Å². The van der Waals surface area contributed by atoms with E-state index in [1.54, 1.807) is 0 Å². The van der Waals surface area contributed by atoms with E-state index in [4.69, 9.17) is 11.6 Å². The van der Waals surface area contributed by atoms with Gasteiger partial charge in [-0.25, -0.2) is 0 Å². The number of hydrogen-bond acceptors (Lipinski definition) is 1. The van der Waals surface area contributed by atoms with Crippen LogP contribution in [0.3, 0.4) is 0 Å². The van der Waals surface area contributed by atoms with Crippen LogP contribution in [0, 0.1) is 11.8 Å². The van der Waals surface area contributed by atoms with Crippen molar-refractivity contribution in [2.24, 2.45) is 11.8 Å². The van der Waals surface area contributed by atoms with Crippen molar-refractivity contribution in [3.8, 4) is 0 Å². The minimum atomic E-state index is 0.836. The molecule has 3 rings (SSSR count). The Morgan fingerprint density at radius 1 is 1.24 bits per heavy atom. The second-order valence-electron chi connectivity index (χ2n) is 5.26. The van der Waals surface area contributed by atoms with Gasteiger partial charge in [0.2, 0.25) is 0 Å². The molecule has 1 aromatic carbocycles. The highest BCUT2D eigenvalue weighted by Crippen LogP contribution is 2.40. The topological polar surface area (TPSA) is 3.24 Å². The van der Waals surface area contributed by atoms with Gasteiger partial charge in [0.25, 0.3) is 0 Å². The third kappa shape index (κ3) is 2.22. The van der Waals surface area contributed by atoms with E-state index in [0.29, 0.717) is 0 Å². The maximum Gasteiger partial charge on any atom is 0.0410 e. The Morgan fingerprint density at radius 2 is 1.94 bits per heavy atom. The van der Waals surface area contributed by atoms with E-state index in [9.17, 15) is 0 Å². The van der Waals surface area contributed by atoms with Crippen LogP contribution in [0.5, 0.6) is 0 Å². The summed E-state index contributed by atoms with van der Waals surface area (Å²) in [7, 11) is 0. The van der Waals surface area contributed by atoms with E-state index in [-0.39, 0.29) is 0 Å². The first-order chi connectivity index (χ1) is 8.28. The molecule has 3 heteroatoms. The van der Waals surface area contributed by atoms with Crippen LogP contribution in [-0.4, -0.2) is 13.1 Å². The summed E-state index contributed by atoms with van der Waals surface area (Å²) in [4.78, 5) is 2.56. The first kappa shape index (κ1) is 11.9. The molecule has 0 bridgehead atoms. The molecule has 2 unspecified atom stereocenters. The van der Waals surface area contributed by atoms with Gasteiger partial charge >= 0.3 is 0 Å². The summed E-state index contributed by atoms with van der Waals surface area (Å²) in [6.45, 7) is 2.48. The first-order valence-corrected chi connectivity index (χ1v) is 7.87. The van der Waals surface area contributed by atoms with E-state index < -0.39 is 0 Å². The molecule has 0 amide bonds. The Balaban J connectivity index is 1.85. The van der Waals surface area contributed by atoms with E-state index in [1.807, 2.05) is 6.07 Å². The highest BCUT2D eigenvalue weighted by Gasteiger charge is 2.36. The molecule has 2 fully saturated rings. The van der Waals surface area contributed by atoms with Crippen molar-refractivity contribution in [1.29, 1.82) is 0 Å². The largest absolute Gasteiger partial charge is 0.371 e. The summed E-state index contributed by atoms with van der Waals surface area (Å²) in [5.41, 5.74) is 2.69. The number of nitrogens with zero attached hydrogens (tertiary/aromatic N) is 1. The average Bonchev–Trinajstić information content (AvgIpc) is 2.89. The second-order valence-corrected chi connectivity index (χ2v) is 6.26. The summed E-state index contributed by atoms with van der Waals surface area (Å²) >= 11 is 9.62. The Labute approximate surface area is 116 Å². The molecule has 0 spiro atoms. The fraction of sp³-hybridized carbons (Fsp3) is 0.571. The van der Waals surface area contributed by atoms with Gasteiger partial charge in [0, 0.05) is 29.1 Å². The van der Waals surface area contributed by atoms with Crippen LogP contribution in [0.2, 0.25) is 5.02 Å². The maximum atomic E-state index is 6.06. The quantitative estimate of drug-likeness (QED) is 0.728. The Hall–Kier alpha value is -0.210. The van der Waals surface area contributed by atoms with Crippen molar-refractivity contribution >= 4 is 33.2 Å². The molecule has 1 saturated carbocycles. The summed E-state index contributed by atoms with van der Waals surface area (Å²) < 4.78 is 0. The van der Waals surface area contributed by atoms with Crippen LogP contribution < -0.4 is 4.90 Å². The van der Waals surface area contributed by atoms with E-state index in [2.05, 4.69) is 33.0 Å². The minimum absolute atomic E-state index is 0.836. The molecular formula is C14H17BrClN. The number of halogens is 2. The van der Waals surface area contributed by atoms with Gasteiger partial charge in [-0.15, -0.1) is 0 Å². The zero-order valence-electron chi connectivity index (χ0n) is 9.83. The zero-order chi connectivity index (χ0) is 11.8. The number of hydrogen-bond donors (Lipinski definition) is 0. The SMILES string of the molecule is Clc1ccc(N2CC3CCCC3C2)c(CBr)c1. The number of fused-ring (bicyclic) bond motifs is 1. The van der Waals surface area contributed by atoms with Gasteiger partial charge in [-0.3, -0.25) is 0 Å². The third-order valence-electron chi connectivity index (χ3n) is 4.25. The summed E-state index contributed by atoms with van der Waals surface area (Å²) in [5, 5.41) is 1.72. The van der Waals surface area contributed by atoms with Crippen molar-refractivity contribution in [3.63, 3.8) is 0 Å². The van der Waals surface area contributed by atoms with Gasteiger partial charge in [0.15, 0.2) is 0 Å². The van der Waals surface area contributed by atoms with Crippen molar-refractivity contribution in [3.05, 3.63) is 28.8 Å². The molecule has 1 saturated heterocycles. The van der Waals surface area contributed by atoms with Gasteiger partial charge in [-0.2, -0.15) is 0 Å². The fourth-order valence-corrected chi connectivity index (χ4v) is 4.05. The van der Waals surface area contributed by atoms with Crippen molar-refractivity contribution < 1.29 is 0 Å². The maximum absolute atomic E-state index is 6.06. The fourth-order valence-electron chi connectivity index (χ4n) is 3.40. The van der Waals surface area contributed by atoms with Crippen molar-refractivity contribution in [1.82, 2.24) is 0 Å². The molecule has 17 heavy (non-hydrogen) atoms. The van der Waals surface area contributed by atoms with Gasteiger partial charge in [0.1, 0.15) is 0 Å². The van der Waals surface area contributed by atoms with Crippen LogP contribution in [0.1, 0.15) is 24.8 Å². The number of rotatable bonds is 2. The molecule has 2 atom stereocenters. The lowest BCUT2D eigenvalue weighted by Gasteiger charge is -2.22. The summed E-state index contributed by atoms with van der Waals surface area (Å²) in [6.07, 6.45) is 4.30. The molecule has 1 aliphatic heterocycles. The van der Waals surface area contributed by atoms with E-state index >= 15 is 0 Å². The molecular weight excluding hydrogens is 298 g/mol. The minimum Gasteiger partial charge on any atom is -0.371 e. The molecule has 0 radical (unpaired) electrons. The molecule has 92 valence electrons. The standard InChI is InChI=1S/C14H17BrClN/c15-7-12-6-13(16)4-5-14(12)17-8-10-2-1-3-11(10)9-17/h4-6,10-11H,1-3,7-9H2. The van der Waals surface area contributed by atoms with Crippen LogP contribution in [0.4, 0.5) is 5.69 Å². The number of anilines is 1. The average molecular weight is 315 g/mol.